The standard InChI is InChI=1S/C15H16N2/c1-13(17-15-10-6-3-7-11-15)16-12-14-8-4-2-5-9-14/h2-13,17H,1H3/b16-12+. The Morgan fingerprint density at radius 1 is 0.941 bits per heavy atom. The van der Waals surface area contributed by atoms with E-state index in [-0.39, 0.29) is 6.17 Å². The van der Waals surface area contributed by atoms with Gasteiger partial charge in [0.2, 0.25) is 0 Å². The highest BCUT2D eigenvalue weighted by Gasteiger charge is 1.96. The number of nitrogens with one attached hydrogen (secondary N) is 1. The summed E-state index contributed by atoms with van der Waals surface area (Å²) in [6, 6.07) is 20.2. The Hall–Kier alpha value is -2.09. The summed E-state index contributed by atoms with van der Waals surface area (Å²) in [5.74, 6) is 0. The fourth-order valence-electron chi connectivity index (χ4n) is 1.55. The normalized spacial score (nSPS) is 12.5. The van der Waals surface area contributed by atoms with Crippen molar-refractivity contribution in [3.63, 3.8) is 0 Å². The second kappa shape index (κ2) is 5.85. The van der Waals surface area contributed by atoms with Gasteiger partial charge in [-0.2, -0.15) is 0 Å². The lowest BCUT2D eigenvalue weighted by Crippen LogP contribution is -2.12. The van der Waals surface area contributed by atoms with E-state index < -0.39 is 0 Å². The lowest BCUT2D eigenvalue weighted by molar-refractivity contribution is 0.858. The van der Waals surface area contributed by atoms with Gasteiger partial charge in [0, 0.05) is 11.9 Å². The van der Waals surface area contributed by atoms with Gasteiger partial charge in [-0.15, -0.1) is 0 Å². The van der Waals surface area contributed by atoms with Crippen LogP contribution < -0.4 is 5.32 Å². The number of hydrogen-bond acceptors (Lipinski definition) is 2. The fraction of sp³-hybridized carbons (Fsp3) is 0.133. The highest BCUT2D eigenvalue weighted by atomic mass is 15.1. The predicted octanol–water partition coefficient (Wildman–Crippen LogP) is 3.56. The van der Waals surface area contributed by atoms with Crippen LogP contribution in [0.15, 0.2) is 65.7 Å². The maximum atomic E-state index is 4.45. The molecule has 0 spiro atoms. The number of benzene rings is 2. The SMILES string of the molecule is CC(/N=C/c1ccccc1)Nc1ccccc1. The molecule has 0 aliphatic rings. The van der Waals surface area contributed by atoms with Gasteiger partial charge in [0.1, 0.15) is 6.17 Å². The molecule has 0 bridgehead atoms. The number of anilines is 1. The number of rotatable bonds is 4. The van der Waals surface area contributed by atoms with Crippen LogP contribution in [0, 0.1) is 0 Å². The zero-order valence-corrected chi connectivity index (χ0v) is 9.88. The molecule has 0 aliphatic carbocycles. The minimum absolute atomic E-state index is 0.0672. The maximum absolute atomic E-state index is 4.45. The van der Waals surface area contributed by atoms with Gasteiger partial charge in [0.15, 0.2) is 0 Å². The van der Waals surface area contributed by atoms with Gasteiger partial charge in [-0.05, 0) is 24.6 Å². The Morgan fingerprint density at radius 3 is 2.18 bits per heavy atom. The summed E-state index contributed by atoms with van der Waals surface area (Å²) in [6.07, 6.45) is 1.96. The molecule has 0 aromatic heterocycles. The molecule has 0 amide bonds. The van der Waals surface area contributed by atoms with Crippen molar-refractivity contribution in [2.75, 3.05) is 5.32 Å². The topological polar surface area (TPSA) is 24.4 Å². The van der Waals surface area contributed by atoms with Crippen molar-refractivity contribution in [3.8, 4) is 0 Å². The number of nitrogens with zero attached hydrogens (tertiary/aromatic N) is 1. The summed E-state index contributed by atoms with van der Waals surface area (Å²) in [5, 5.41) is 3.31. The van der Waals surface area contributed by atoms with E-state index in [0.29, 0.717) is 0 Å². The van der Waals surface area contributed by atoms with Crippen molar-refractivity contribution in [1.29, 1.82) is 0 Å². The summed E-state index contributed by atoms with van der Waals surface area (Å²) in [4.78, 5) is 4.45. The van der Waals surface area contributed by atoms with Crippen molar-refractivity contribution in [1.82, 2.24) is 0 Å². The highest BCUT2D eigenvalue weighted by Crippen LogP contribution is 2.07. The van der Waals surface area contributed by atoms with Crippen LogP contribution in [0.2, 0.25) is 0 Å². The van der Waals surface area contributed by atoms with Crippen LogP contribution in [-0.4, -0.2) is 12.4 Å². The first-order valence-electron chi connectivity index (χ1n) is 5.74. The third kappa shape index (κ3) is 3.76. The van der Waals surface area contributed by atoms with E-state index in [1.807, 2.05) is 73.8 Å². The summed E-state index contributed by atoms with van der Waals surface area (Å²) in [5.41, 5.74) is 2.21. The molecule has 86 valence electrons. The molecule has 2 heteroatoms. The fourth-order valence-corrected chi connectivity index (χ4v) is 1.55. The summed E-state index contributed by atoms with van der Waals surface area (Å²) in [6.45, 7) is 2.03. The average molecular weight is 224 g/mol. The molecule has 0 fully saturated rings. The van der Waals surface area contributed by atoms with Gasteiger partial charge < -0.3 is 5.32 Å². The predicted molar refractivity (Wildman–Crippen MR) is 73.6 cm³/mol. The smallest absolute Gasteiger partial charge is 0.115 e. The summed E-state index contributed by atoms with van der Waals surface area (Å²) in [7, 11) is 0. The molecule has 2 rings (SSSR count). The quantitative estimate of drug-likeness (QED) is 0.789. The third-order valence-corrected chi connectivity index (χ3v) is 2.40. The van der Waals surface area contributed by atoms with E-state index in [1.165, 1.54) is 0 Å². The van der Waals surface area contributed by atoms with Crippen molar-refractivity contribution in [2.24, 2.45) is 4.99 Å². The maximum Gasteiger partial charge on any atom is 0.115 e. The van der Waals surface area contributed by atoms with Gasteiger partial charge >= 0.3 is 0 Å². The van der Waals surface area contributed by atoms with Crippen LogP contribution in [0.5, 0.6) is 0 Å². The Balaban J connectivity index is 1.94. The molecule has 2 aromatic carbocycles. The van der Waals surface area contributed by atoms with E-state index in [4.69, 9.17) is 0 Å². The Labute approximate surface area is 102 Å². The van der Waals surface area contributed by atoms with Crippen molar-refractivity contribution in [2.45, 2.75) is 13.1 Å². The summed E-state index contributed by atoms with van der Waals surface area (Å²) >= 11 is 0. The molecule has 1 atom stereocenters. The van der Waals surface area contributed by atoms with Gasteiger partial charge in [0.05, 0.1) is 0 Å². The third-order valence-electron chi connectivity index (χ3n) is 2.40. The zero-order valence-electron chi connectivity index (χ0n) is 9.88. The molecule has 0 saturated carbocycles. The van der Waals surface area contributed by atoms with Gasteiger partial charge in [-0.3, -0.25) is 4.99 Å². The van der Waals surface area contributed by atoms with E-state index in [1.54, 1.807) is 0 Å². The second-order valence-corrected chi connectivity index (χ2v) is 3.88. The average Bonchev–Trinajstić information content (AvgIpc) is 2.39. The second-order valence-electron chi connectivity index (χ2n) is 3.88. The van der Waals surface area contributed by atoms with Crippen molar-refractivity contribution < 1.29 is 0 Å². The Bertz CT molecular complexity index is 463. The zero-order chi connectivity index (χ0) is 11.9. The first kappa shape index (κ1) is 11.4. The minimum Gasteiger partial charge on any atom is -0.364 e. The molecular weight excluding hydrogens is 208 g/mol. The van der Waals surface area contributed by atoms with E-state index in [9.17, 15) is 0 Å². The van der Waals surface area contributed by atoms with E-state index in [0.717, 1.165) is 11.3 Å². The molecule has 0 radical (unpaired) electrons. The van der Waals surface area contributed by atoms with Gasteiger partial charge in [-0.25, -0.2) is 0 Å². The van der Waals surface area contributed by atoms with Crippen LogP contribution in [-0.2, 0) is 0 Å². The van der Waals surface area contributed by atoms with Gasteiger partial charge in [-0.1, -0.05) is 48.5 Å². The molecule has 1 N–H and O–H groups in total. The largest absolute Gasteiger partial charge is 0.364 e. The van der Waals surface area contributed by atoms with Crippen LogP contribution in [0.1, 0.15) is 12.5 Å². The lowest BCUT2D eigenvalue weighted by Gasteiger charge is -2.10. The monoisotopic (exact) mass is 224 g/mol. The number of hydrogen-bond donors (Lipinski definition) is 1. The first-order valence-corrected chi connectivity index (χ1v) is 5.74. The molecule has 0 aliphatic heterocycles. The molecule has 2 aromatic rings. The van der Waals surface area contributed by atoms with E-state index in [2.05, 4.69) is 10.3 Å². The number of aliphatic imine (C=N–C) groups is 1. The van der Waals surface area contributed by atoms with E-state index >= 15 is 0 Å². The van der Waals surface area contributed by atoms with Crippen molar-refractivity contribution >= 4 is 11.9 Å². The molecular formula is C15H16N2. The van der Waals surface area contributed by atoms with Gasteiger partial charge in [0.25, 0.3) is 0 Å². The van der Waals surface area contributed by atoms with Crippen molar-refractivity contribution in [3.05, 3.63) is 66.2 Å². The molecule has 2 nitrogen and oxygen atoms in total. The first-order chi connectivity index (χ1) is 8.34. The molecule has 1 unspecified atom stereocenters. The molecule has 0 heterocycles. The lowest BCUT2D eigenvalue weighted by atomic mass is 10.2. The molecule has 0 saturated heterocycles. The highest BCUT2D eigenvalue weighted by molar-refractivity contribution is 5.79. The van der Waals surface area contributed by atoms with Crippen LogP contribution >= 0.6 is 0 Å². The Morgan fingerprint density at radius 2 is 1.53 bits per heavy atom. The minimum atomic E-state index is 0.0672. The molecule has 17 heavy (non-hydrogen) atoms. The van der Waals surface area contributed by atoms with Crippen LogP contribution in [0.4, 0.5) is 5.69 Å². The van der Waals surface area contributed by atoms with Crippen LogP contribution in [0.3, 0.4) is 0 Å². The number of para-hydroxylation sites is 1. The summed E-state index contributed by atoms with van der Waals surface area (Å²) < 4.78 is 0. The Kier molecular flexibility index (Phi) is 3.92. The van der Waals surface area contributed by atoms with Crippen LogP contribution in [0.25, 0.3) is 0 Å².